The van der Waals surface area contributed by atoms with Crippen LogP contribution in [-0.2, 0) is 9.47 Å². The Morgan fingerprint density at radius 1 is 1.25 bits per heavy atom. The average molecular weight is 344 g/mol. The Hall–Kier alpha value is -2.04. The third-order valence-electron chi connectivity index (χ3n) is 4.89. The highest BCUT2D eigenvalue weighted by Gasteiger charge is 2.41. The van der Waals surface area contributed by atoms with Gasteiger partial charge in [-0.15, -0.1) is 0 Å². The van der Waals surface area contributed by atoms with Gasteiger partial charge in [-0.3, -0.25) is 0 Å². The Kier molecular flexibility index (Phi) is 3.94. The van der Waals surface area contributed by atoms with E-state index >= 15 is 0 Å². The lowest BCUT2D eigenvalue weighted by Crippen LogP contribution is -2.29. The Balaban J connectivity index is 1.68. The number of carbonyl (C=O) groups is 1. The minimum Gasteiger partial charge on any atom is -0.465 e. The van der Waals surface area contributed by atoms with Crippen LogP contribution in [0.3, 0.4) is 0 Å². The number of benzene rings is 2. The Morgan fingerprint density at radius 2 is 2.04 bits per heavy atom. The highest BCUT2D eigenvalue weighted by Crippen LogP contribution is 2.50. The van der Waals surface area contributed by atoms with E-state index < -0.39 is 0 Å². The van der Waals surface area contributed by atoms with Gasteiger partial charge in [0.15, 0.2) is 0 Å². The fourth-order valence-electron chi connectivity index (χ4n) is 3.72. The zero-order valence-corrected chi connectivity index (χ0v) is 14.0. The van der Waals surface area contributed by atoms with Crippen molar-refractivity contribution in [1.29, 1.82) is 0 Å². The number of ether oxygens (including phenoxy) is 2. The second kappa shape index (κ2) is 6.11. The average Bonchev–Trinajstić information content (AvgIpc) is 3.11. The fourth-order valence-corrected chi connectivity index (χ4v) is 3.90. The summed E-state index contributed by atoms with van der Waals surface area (Å²) in [7, 11) is 1.39. The summed E-state index contributed by atoms with van der Waals surface area (Å²) in [5.74, 6) is 0.0279. The molecule has 1 fully saturated rings. The first-order chi connectivity index (χ1) is 11.7. The first kappa shape index (κ1) is 15.5. The number of carbonyl (C=O) groups excluding carboxylic acids is 1. The molecule has 0 amide bonds. The SMILES string of the molecule is COC(=O)c1ccc(C2Nc3ccc(Cl)cc3C3OCCC23)cc1. The molecular weight excluding hydrogens is 326 g/mol. The number of anilines is 1. The molecular formula is C19H18ClNO3. The molecule has 0 aromatic heterocycles. The number of fused-ring (bicyclic) bond motifs is 3. The molecule has 5 heteroatoms. The summed E-state index contributed by atoms with van der Waals surface area (Å²) in [4.78, 5) is 11.6. The predicted molar refractivity (Wildman–Crippen MR) is 92.4 cm³/mol. The van der Waals surface area contributed by atoms with Gasteiger partial charge < -0.3 is 14.8 Å². The molecule has 0 radical (unpaired) electrons. The van der Waals surface area contributed by atoms with Gasteiger partial charge >= 0.3 is 5.97 Å². The van der Waals surface area contributed by atoms with Gasteiger partial charge in [0, 0.05) is 28.8 Å². The van der Waals surface area contributed by atoms with Crippen molar-refractivity contribution in [2.75, 3.05) is 19.0 Å². The Bertz CT molecular complexity index is 775. The molecule has 124 valence electrons. The molecule has 4 rings (SSSR count). The lowest BCUT2D eigenvalue weighted by molar-refractivity contribution is 0.0600. The van der Waals surface area contributed by atoms with Crippen molar-refractivity contribution < 1.29 is 14.3 Å². The van der Waals surface area contributed by atoms with Gasteiger partial charge in [0.2, 0.25) is 0 Å². The van der Waals surface area contributed by atoms with Crippen LogP contribution in [0, 0.1) is 5.92 Å². The third kappa shape index (κ3) is 2.56. The summed E-state index contributed by atoms with van der Waals surface area (Å²) < 4.78 is 10.8. The minimum absolute atomic E-state index is 0.0604. The van der Waals surface area contributed by atoms with Crippen molar-refractivity contribution in [3.63, 3.8) is 0 Å². The monoisotopic (exact) mass is 343 g/mol. The van der Waals surface area contributed by atoms with Gasteiger partial charge in [0.05, 0.1) is 24.8 Å². The van der Waals surface area contributed by atoms with Crippen LogP contribution in [0.5, 0.6) is 0 Å². The molecule has 1 saturated heterocycles. The Morgan fingerprint density at radius 3 is 2.79 bits per heavy atom. The molecule has 0 bridgehead atoms. The molecule has 2 aromatic rings. The van der Waals surface area contributed by atoms with E-state index in [0.29, 0.717) is 11.5 Å². The van der Waals surface area contributed by atoms with E-state index in [1.165, 1.54) is 7.11 Å². The van der Waals surface area contributed by atoms with Gasteiger partial charge in [-0.05, 0) is 42.3 Å². The normalized spacial score (nSPS) is 24.7. The molecule has 3 unspecified atom stereocenters. The third-order valence-corrected chi connectivity index (χ3v) is 5.12. The smallest absolute Gasteiger partial charge is 0.337 e. The number of rotatable bonds is 2. The van der Waals surface area contributed by atoms with Gasteiger partial charge in [-0.1, -0.05) is 23.7 Å². The summed E-state index contributed by atoms with van der Waals surface area (Å²) in [5.41, 5.74) is 3.89. The van der Waals surface area contributed by atoms with Gasteiger partial charge in [-0.25, -0.2) is 4.79 Å². The first-order valence-corrected chi connectivity index (χ1v) is 8.41. The van der Waals surface area contributed by atoms with E-state index in [0.717, 1.165) is 34.9 Å². The van der Waals surface area contributed by atoms with E-state index in [-0.39, 0.29) is 18.1 Å². The molecule has 2 heterocycles. The van der Waals surface area contributed by atoms with Crippen LogP contribution in [0.4, 0.5) is 5.69 Å². The highest BCUT2D eigenvalue weighted by atomic mass is 35.5. The molecule has 24 heavy (non-hydrogen) atoms. The molecule has 4 nitrogen and oxygen atoms in total. The van der Waals surface area contributed by atoms with Gasteiger partial charge in [0.1, 0.15) is 0 Å². The maximum absolute atomic E-state index is 11.6. The zero-order valence-electron chi connectivity index (χ0n) is 13.3. The molecule has 3 atom stereocenters. The molecule has 2 aliphatic rings. The van der Waals surface area contributed by atoms with Crippen LogP contribution < -0.4 is 5.32 Å². The van der Waals surface area contributed by atoms with Crippen LogP contribution in [0.1, 0.15) is 40.1 Å². The van der Waals surface area contributed by atoms with Crippen LogP contribution in [0.2, 0.25) is 5.02 Å². The summed E-state index contributed by atoms with van der Waals surface area (Å²) >= 11 is 6.15. The van der Waals surface area contributed by atoms with Crippen LogP contribution in [-0.4, -0.2) is 19.7 Å². The molecule has 0 spiro atoms. The van der Waals surface area contributed by atoms with E-state index in [1.807, 2.05) is 42.5 Å². The Labute approximate surface area is 145 Å². The van der Waals surface area contributed by atoms with Crippen molar-refractivity contribution in [1.82, 2.24) is 0 Å². The van der Waals surface area contributed by atoms with E-state index in [2.05, 4.69) is 5.32 Å². The molecule has 2 aliphatic heterocycles. The zero-order chi connectivity index (χ0) is 16.7. The molecule has 1 N–H and O–H groups in total. The summed E-state index contributed by atoms with van der Waals surface area (Å²) in [6, 6.07) is 13.6. The van der Waals surface area contributed by atoms with E-state index in [1.54, 1.807) is 0 Å². The van der Waals surface area contributed by atoms with Gasteiger partial charge in [0.25, 0.3) is 0 Å². The maximum atomic E-state index is 11.6. The van der Waals surface area contributed by atoms with Gasteiger partial charge in [-0.2, -0.15) is 0 Å². The summed E-state index contributed by atoms with van der Waals surface area (Å²) in [6.45, 7) is 0.750. The van der Waals surface area contributed by atoms with Crippen molar-refractivity contribution in [3.05, 3.63) is 64.2 Å². The molecule has 2 aromatic carbocycles. The lowest BCUT2D eigenvalue weighted by atomic mass is 9.81. The van der Waals surface area contributed by atoms with Crippen LogP contribution in [0.15, 0.2) is 42.5 Å². The number of halogens is 1. The number of hydrogen-bond acceptors (Lipinski definition) is 4. The van der Waals surface area contributed by atoms with Crippen molar-refractivity contribution in [3.8, 4) is 0 Å². The van der Waals surface area contributed by atoms with Crippen molar-refractivity contribution in [2.45, 2.75) is 18.6 Å². The number of esters is 1. The summed E-state index contributed by atoms with van der Waals surface area (Å²) in [6.07, 6.45) is 1.05. The van der Waals surface area contributed by atoms with Crippen molar-refractivity contribution in [2.24, 2.45) is 5.92 Å². The first-order valence-electron chi connectivity index (χ1n) is 8.03. The summed E-state index contributed by atoms with van der Waals surface area (Å²) in [5, 5.41) is 4.35. The molecule has 0 aliphatic carbocycles. The topological polar surface area (TPSA) is 47.6 Å². The van der Waals surface area contributed by atoms with E-state index in [9.17, 15) is 4.79 Å². The minimum atomic E-state index is -0.319. The second-order valence-electron chi connectivity index (χ2n) is 6.21. The number of hydrogen-bond donors (Lipinski definition) is 1. The quantitative estimate of drug-likeness (QED) is 0.822. The molecule has 0 saturated carbocycles. The van der Waals surface area contributed by atoms with Crippen LogP contribution >= 0.6 is 11.6 Å². The standard InChI is InChI=1S/C19H18ClNO3/c1-23-19(22)12-4-2-11(3-5-12)17-14-8-9-24-18(14)15-10-13(20)6-7-16(15)21-17/h2-7,10,14,17-18,21H,8-9H2,1H3. The number of methoxy groups -OCH3 is 1. The maximum Gasteiger partial charge on any atom is 0.337 e. The van der Waals surface area contributed by atoms with Crippen LogP contribution in [0.25, 0.3) is 0 Å². The fraction of sp³-hybridized carbons (Fsp3) is 0.316. The number of nitrogens with one attached hydrogen (secondary N) is 1. The lowest BCUT2D eigenvalue weighted by Gasteiger charge is -2.36. The highest BCUT2D eigenvalue weighted by molar-refractivity contribution is 6.30. The predicted octanol–water partition coefficient (Wildman–Crippen LogP) is 4.37. The van der Waals surface area contributed by atoms with E-state index in [4.69, 9.17) is 21.1 Å². The second-order valence-corrected chi connectivity index (χ2v) is 6.65. The van der Waals surface area contributed by atoms with Crippen molar-refractivity contribution >= 4 is 23.3 Å². The largest absolute Gasteiger partial charge is 0.465 e.